The number of carbonyl (C=O) groups is 1. The molecule has 0 atom stereocenters. The van der Waals surface area contributed by atoms with Crippen LogP contribution in [0.25, 0.3) is 17.4 Å². The highest BCUT2D eigenvalue weighted by molar-refractivity contribution is 9.10. The smallest absolute Gasteiger partial charge is 0.248 e. The van der Waals surface area contributed by atoms with Gasteiger partial charge in [-0.1, -0.05) is 23.2 Å². The molecule has 1 aromatic heterocycles. The summed E-state index contributed by atoms with van der Waals surface area (Å²) >= 11 is 15.3. The molecule has 0 fully saturated rings. The van der Waals surface area contributed by atoms with Gasteiger partial charge in [0.15, 0.2) is 0 Å². The maximum absolute atomic E-state index is 12.1. The van der Waals surface area contributed by atoms with Gasteiger partial charge in [-0.25, -0.2) is 0 Å². The number of amides is 1. The summed E-state index contributed by atoms with van der Waals surface area (Å²) in [6.45, 7) is 1.75. The Morgan fingerprint density at radius 2 is 1.96 bits per heavy atom. The van der Waals surface area contributed by atoms with Gasteiger partial charge in [0, 0.05) is 22.3 Å². The van der Waals surface area contributed by atoms with Crippen molar-refractivity contribution in [2.75, 3.05) is 5.32 Å². The fourth-order valence-corrected chi connectivity index (χ4v) is 3.49. The van der Waals surface area contributed by atoms with Crippen molar-refractivity contribution < 1.29 is 14.3 Å². The SMILES string of the molecule is Cc1cc(NC(=O)/C=C/c2ccc(-c3ccc(Cl)cc3Cl)o2)cc(Br)c1O. The summed E-state index contributed by atoms with van der Waals surface area (Å²) in [5.41, 5.74) is 1.94. The maximum atomic E-state index is 12.1. The Morgan fingerprint density at radius 3 is 2.67 bits per heavy atom. The number of phenolic OH excluding ortho intramolecular Hbond substituents is 1. The molecule has 0 aliphatic rings. The number of phenols is 1. The lowest BCUT2D eigenvalue weighted by atomic mass is 10.2. The predicted octanol–water partition coefficient (Wildman–Crippen LogP) is 6.68. The van der Waals surface area contributed by atoms with E-state index in [1.165, 1.54) is 6.08 Å². The quantitative estimate of drug-likeness (QED) is 0.333. The summed E-state index contributed by atoms with van der Waals surface area (Å²) in [4.78, 5) is 12.1. The summed E-state index contributed by atoms with van der Waals surface area (Å²) < 4.78 is 6.22. The molecule has 0 aliphatic carbocycles. The van der Waals surface area contributed by atoms with E-state index in [-0.39, 0.29) is 11.7 Å². The van der Waals surface area contributed by atoms with Crippen LogP contribution >= 0.6 is 39.1 Å². The Hall–Kier alpha value is -2.21. The van der Waals surface area contributed by atoms with Crippen LogP contribution in [-0.4, -0.2) is 11.0 Å². The largest absolute Gasteiger partial charge is 0.506 e. The molecule has 7 heteroatoms. The second-order valence-electron chi connectivity index (χ2n) is 5.77. The van der Waals surface area contributed by atoms with Crippen molar-refractivity contribution in [1.29, 1.82) is 0 Å². The van der Waals surface area contributed by atoms with Crippen LogP contribution in [0.3, 0.4) is 0 Å². The van der Waals surface area contributed by atoms with Gasteiger partial charge in [-0.05, 0) is 77.0 Å². The van der Waals surface area contributed by atoms with Crippen molar-refractivity contribution in [3.8, 4) is 17.1 Å². The third-order valence-electron chi connectivity index (χ3n) is 3.74. The standard InChI is InChI=1S/C20H14BrCl2NO3/c1-11-8-13(10-16(21)20(11)26)24-19(25)7-4-14-3-6-18(27-14)15-5-2-12(22)9-17(15)23/h2-10,26H,1H3,(H,24,25)/b7-4+. The van der Waals surface area contributed by atoms with Crippen molar-refractivity contribution in [2.24, 2.45) is 0 Å². The van der Waals surface area contributed by atoms with Gasteiger partial charge >= 0.3 is 0 Å². The Balaban J connectivity index is 1.71. The second-order valence-corrected chi connectivity index (χ2v) is 7.47. The Morgan fingerprint density at radius 1 is 1.19 bits per heavy atom. The molecule has 2 N–H and O–H groups in total. The lowest BCUT2D eigenvalue weighted by Crippen LogP contribution is -2.07. The molecule has 4 nitrogen and oxygen atoms in total. The predicted molar refractivity (Wildman–Crippen MR) is 112 cm³/mol. The number of furan rings is 1. The summed E-state index contributed by atoms with van der Waals surface area (Å²) in [7, 11) is 0. The molecule has 27 heavy (non-hydrogen) atoms. The van der Waals surface area contributed by atoms with Crippen molar-refractivity contribution >= 4 is 56.8 Å². The van der Waals surface area contributed by atoms with E-state index in [0.29, 0.717) is 37.3 Å². The van der Waals surface area contributed by atoms with Crippen molar-refractivity contribution in [3.63, 3.8) is 0 Å². The second kappa shape index (κ2) is 8.21. The molecule has 2 aromatic carbocycles. The maximum Gasteiger partial charge on any atom is 0.248 e. The number of benzene rings is 2. The first-order valence-electron chi connectivity index (χ1n) is 7.87. The highest BCUT2D eigenvalue weighted by Gasteiger charge is 2.09. The third kappa shape index (κ3) is 4.75. The zero-order chi connectivity index (χ0) is 19.6. The number of hydrogen-bond acceptors (Lipinski definition) is 3. The van der Waals surface area contributed by atoms with Crippen molar-refractivity contribution in [1.82, 2.24) is 0 Å². The zero-order valence-corrected chi connectivity index (χ0v) is 17.2. The zero-order valence-electron chi connectivity index (χ0n) is 14.1. The number of carbonyl (C=O) groups excluding carboxylic acids is 1. The van der Waals surface area contributed by atoms with Crippen LogP contribution < -0.4 is 5.32 Å². The van der Waals surface area contributed by atoms with Gasteiger partial charge in [0.1, 0.15) is 17.3 Å². The highest BCUT2D eigenvalue weighted by atomic mass is 79.9. The Labute approximate surface area is 174 Å². The molecular formula is C20H14BrCl2NO3. The van der Waals surface area contributed by atoms with Gasteiger partial charge in [-0.15, -0.1) is 0 Å². The minimum Gasteiger partial charge on any atom is -0.506 e. The molecule has 138 valence electrons. The minimum atomic E-state index is -0.325. The van der Waals surface area contributed by atoms with Gasteiger partial charge in [0.25, 0.3) is 0 Å². The van der Waals surface area contributed by atoms with Crippen LogP contribution in [0.1, 0.15) is 11.3 Å². The number of anilines is 1. The molecule has 3 aromatic rings. The molecule has 0 saturated heterocycles. The van der Waals surface area contributed by atoms with Gasteiger partial charge in [0.2, 0.25) is 5.91 Å². The average Bonchev–Trinajstić information content (AvgIpc) is 3.06. The van der Waals surface area contributed by atoms with E-state index < -0.39 is 0 Å². The number of nitrogens with one attached hydrogen (secondary N) is 1. The molecule has 3 rings (SSSR count). The summed E-state index contributed by atoms with van der Waals surface area (Å²) in [6.07, 6.45) is 2.92. The first-order chi connectivity index (χ1) is 12.8. The molecule has 1 heterocycles. The molecular weight excluding hydrogens is 453 g/mol. The topological polar surface area (TPSA) is 62.5 Å². The molecule has 1 amide bonds. The molecule has 0 saturated carbocycles. The number of rotatable bonds is 4. The fraction of sp³-hybridized carbons (Fsp3) is 0.0500. The molecule has 0 bridgehead atoms. The Bertz CT molecular complexity index is 1020. The molecule has 0 unspecified atom stereocenters. The van der Waals surface area contributed by atoms with Crippen LogP contribution in [0.15, 0.2) is 57.4 Å². The van der Waals surface area contributed by atoms with Crippen LogP contribution in [-0.2, 0) is 4.79 Å². The monoisotopic (exact) mass is 465 g/mol. The van der Waals surface area contributed by atoms with Gasteiger partial charge in [0.05, 0.1) is 9.50 Å². The molecule has 0 spiro atoms. The Kier molecular flexibility index (Phi) is 5.95. The number of aryl methyl sites for hydroxylation is 1. The van der Waals surface area contributed by atoms with Gasteiger partial charge in [-0.3, -0.25) is 4.79 Å². The van der Waals surface area contributed by atoms with Crippen LogP contribution in [0, 0.1) is 6.92 Å². The van der Waals surface area contributed by atoms with Crippen LogP contribution in [0.2, 0.25) is 10.0 Å². The minimum absolute atomic E-state index is 0.146. The van der Waals surface area contributed by atoms with Crippen LogP contribution in [0.5, 0.6) is 5.75 Å². The first kappa shape index (κ1) is 19.5. The van der Waals surface area contributed by atoms with Crippen molar-refractivity contribution in [3.05, 3.63) is 74.4 Å². The summed E-state index contributed by atoms with van der Waals surface area (Å²) in [6, 6.07) is 12.0. The molecule has 0 aliphatic heterocycles. The van der Waals surface area contributed by atoms with Crippen molar-refractivity contribution in [2.45, 2.75) is 6.92 Å². The lowest BCUT2D eigenvalue weighted by Gasteiger charge is -2.07. The average molecular weight is 467 g/mol. The highest BCUT2D eigenvalue weighted by Crippen LogP contribution is 2.32. The normalized spacial score (nSPS) is 11.1. The summed E-state index contributed by atoms with van der Waals surface area (Å²) in [5, 5.41) is 13.5. The van der Waals surface area contributed by atoms with E-state index in [1.807, 2.05) is 0 Å². The van der Waals surface area contributed by atoms with Gasteiger partial charge < -0.3 is 14.8 Å². The van der Waals surface area contributed by atoms with E-state index in [4.69, 9.17) is 27.6 Å². The first-order valence-corrected chi connectivity index (χ1v) is 9.42. The van der Waals surface area contributed by atoms with E-state index >= 15 is 0 Å². The van der Waals surface area contributed by atoms with Crippen LogP contribution in [0.4, 0.5) is 5.69 Å². The van der Waals surface area contributed by atoms with E-state index in [0.717, 1.165) is 5.56 Å². The van der Waals surface area contributed by atoms with E-state index in [2.05, 4.69) is 21.2 Å². The lowest BCUT2D eigenvalue weighted by molar-refractivity contribution is -0.111. The third-order valence-corrected chi connectivity index (χ3v) is 4.90. The summed E-state index contributed by atoms with van der Waals surface area (Å²) in [5.74, 6) is 0.908. The van der Waals surface area contributed by atoms with Gasteiger partial charge in [-0.2, -0.15) is 0 Å². The van der Waals surface area contributed by atoms with E-state index in [1.54, 1.807) is 55.5 Å². The number of hydrogen-bond donors (Lipinski definition) is 2. The van der Waals surface area contributed by atoms with E-state index in [9.17, 15) is 9.90 Å². The fourth-order valence-electron chi connectivity index (χ4n) is 2.43. The number of halogens is 3. The molecule has 0 radical (unpaired) electrons. The number of aromatic hydroxyl groups is 1.